The van der Waals surface area contributed by atoms with Gasteiger partial charge in [-0.25, -0.2) is 0 Å². The van der Waals surface area contributed by atoms with Gasteiger partial charge in [-0.3, -0.25) is 14.4 Å². The first kappa shape index (κ1) is 32.2. The Labute approximate surface area is 218 Å². The number of rotatable bonds is 15. The van der Waals surface area contributed by atoms with Crippen molar-refractivity contribution >= 4 is 17.5 Å². The van der Waals surface area contributed by atoms with Crippen molar-refractivity contribution in [3.63, 3.8) is 0 Å². The van der Waals surface area contributed by atoms with E-state index in [-0.39, 0.29) is 29.8 Å². The highest BCUT2D eigenvalue weighted by molar-refractivity contribution is 5.79. The minimum Gasteiger partial charge on any atom is -0.461 e. The van der Waals surface area contributed by atoms with Gasteiger partial charge in [0.2, 0.25) is 0 Å². The maximum absolute atomic E-state index is 12.6. The topological polar surface area (TPSA) is 101 Å². The Bertz CT molecular complexity index is 784. The quantitative estimate of drug-likeness (QED) is 0.226. The molecule has 1 aliphatic rings. The third-order valence-corrected chi connectivity index (χ3v) is 7.85. The van der Waals surface area contributed by atoms with E-state index < -0.39 is 36.1 Å². The SMILES string of the molecule is CC/C(=C\[C@@H](C)C/C=C/[C@@H](C)C[C@@H](C)C(C)=O)CCC(=O)C[C@H](O)[C@@H](C)[C@@H]1OC(=O)[C@@H](C)[C@H](O)[C@@H]1C. The van der Waals surface area contributed by atoms with Gasteiger partial charge in [0, 0.05) is 30.6 Å². The molecule has 0 spiro atoms. The van der Waals surface area contributed by atoms with E-state index in [1.807, 2.05) is 13.8 Å². The van der Waals surface area contributed by atoms with Crippen LogP contribution in [0.5, 0.6) is 0 Å². The van der Waals surface area contributed by atoms with E-state index in [0.29, 0.717) is 24.7 Å². The molecule has 6 heteroatoms. The van der Waals surface area contributed by atoms with E-state index in [1.54, 1.807) is 20.8 Å². The molecule has 6 nitrogen and oxygen atoms in total. The molecule has 1 aliphatic heterocycles. The monoisotopic (exact) mass is 506 g/mol. The number of hydrogen-bond donors (Lipinski definition) is 2. The largest absolute Gasteiger partial charge is 0.461 e. The van der Waals surface area contributed by atoms with Gasteiger partial charge in [0.1, 0.15) is 17.7 Å². The Morgan fingerprint density at radius 3 is 2.31 bits per heavy atom. The van der Waals surface area contributed by atoms with Crippen LogP contribution < -0.4 is 0 Å². The van der Waals surface area contributed by atoms with Crippen molar-refractivity contribution in [2.24, 2.45) is 35.5 Å². The zero-order valence-corrected chi connectivity index (χ0v) is 23.7. The van der Waals surface area contributed by atoms with Crippen LogP contribution in [0.2, 0.25) is 0 Å². The van der Waals surface area contributed by atoms with Gasteiger partial charge >= 0.3 is 5.97 Å². The Hall–Kier alpha value is -1.79. The van der Waals surface area contributed by atoms with Crippen LogP contribution >= 0.6 is 0 Å². The summed E-state index contributed by atoms with van der Waals surface area (Å²) in [7, 11) is 0. The molecule has 36 heavy (non-hydrogen) atoms. The maximum atomic E-state index is 12.6. The molecule has 1 rings (SSSR count). The highest BCUT2D eigenvalue weighted by Crippen LogP contribution is 2.32. The summed E-state index contributed by atoms with van der Waals surface area (Å²) in [6.45, 7) is 15.2. The molecule has 2 N–H and O–H groups in total. The van der Waals surface area contributed by atoms with Crippen LogP contribution in [0.25, 0.3) is 0 Å². The Balaban J connectivity index is 2.54. The molecule has 0 bridgehead atoms. The van der Waals surface area contributed by atoms with E-state index in [4.69, 9.17) is 4.74 Å². The van der Waals surface area contributed by atoms with Crippen LogP contribution in [-0.2, 0) is 19.1 Å². The van der Waals surface area contributed by atoms with Crippen molar-refractivity contribution in [2.75, 3.05) is 0 Å². The predicted molar refractivity (Wildman–Crippen MR) is 143 cm³/mol. The number of carbonyl (C=O) groups excluding carboxylic acids is 3. The molecule has 9 atom stereocenters. The highest BCUT2D eigenvalue weighted by atomic mass is 16.6. The van der Waals surface area contributed by atoms with Crippen molar-refractivity contribution in [1.82, 2.24) is 0 Å². The Morgan fingerprint density at radius 1 is 1.08 bits per heavy atom. The van der Waals surface area contributed by atoms with Gasteiger partial charge < -0.3 is 14.9 Å². The molecule has 0 aromatic heterocycles. The fourth-order valence-corrected chi connectivity index (χ4v) is 4.94. The summed E-state index contributed by atoms with van der Waals surface area (Å²) in [6.07, 6.45) is 7.96. The lowest BCUT2D eigenvalue weighted by molar-refractivity contribution is -0.186. The van der Waals surface area contributed by atoms with Crippen molar-refractivity contribution in [3.8, 4) is 0 Å². The minimum atomic E-state index is -0.927. The van der Waals surface area contributed by atoms with Gasteiger partial charge in [-0.05, 0) is 51.4 Å². The van der Waals surface area contributed by atoms with Crippen molar-refractivity contribution in [1.29, 1.82) is 0 Å². The smallest absolute Gasteiger partial charge is 0.311 e. The predicted octanol–water partition coefficient (Wildman–Crippen LogP) is 5.45. The zero-order chi connectivity index (χ0) is 27.6. The Morgan fingerprint density at radius 2 is 1.72 bits per heavy atom. The number of ketones is 2. The highest BCUT2D eigenvalue weighted by Gasteiger charge is 2.44. The average molecular weight is 507 g/mol. The standard InChI is InChI=1S/C30H50O6/c1-9-25(16-19(3)12-10-11-18(2)15-20(4)24(8)31)13-14-26(32)17-27(33)21(5)29-22(6)28(34)23(7)30(35)36-29/h10-11,16,18-23,27-29,33-34H,9,12-15,17H2,1-8H3/b11-10+,25-16+/t18-,19+,20-,21-,22+,23+,27+,28-,29+/m1/s1. The molecule has 0 aromatic carbocycles. The lowest BCUT2D eigenvalue weighted by atomic mass is 9.79. The first-order valence-corrected chi connectivity index (χ1v) is 13.7. The van der Waals surface area contributed by atoms with Crippen LogP contribution in [0.15, 0.2) is 23.8 Å². The molecule has 0 saturated carbocycles. The zero-order valence-electron chi connectivity index (χ0n) is 23.7. The summed E-state index contributed by atoms with van der Waals surface area (Å²) in [5.41, 5.74) is 1.23. The fourth-order valence-electron chi connectivity index (χ4n) is 4.94. The molecular weight excluding hydrogens is 456 g/mol. The lowest BCUT2D eigenvalue weighted by Gasteiger charge is -2.40. The van der Waals surface area contributed by atoms with Crippen LogP contribution in [0, 0.1) is 35.5 Å². The van der Waals surface area contributed by atoms with Gasteiger partial charge in [0.05, 0.1) is 18.1 Å². The second kappa shape index (κ2) is 15.5. The lowest BCUT2D eigenvalue weighted by Crippen LogP contribution is -2.51. The fraction of sp³-hybridized carbons (Fsp3) is 0.767. The van der Waals surface area contributed by atoms with E-state index in [0.717, 1.165) is 19.3 Å². The number of cyclic esters (lactones) is 1. The van der Waals surface area contributed by atoms with Gasteiger partial charge in [0.25, 0.3) is 0 Å². The van der Waals surface area contributed by atoms with Crippen LogP contribution in [0.3, 0.4) is 0 Å². The molecule has 0 aromatic rings. The molecule has 0 amide bonds. The van der Waals surface area contributed by atoms with E-state index in [1.165, 1.54) is 5.57 Å². The van der Waals surface area contributed by atoms with Gasteiger partial charge in [-0.2, -0.15) is 0 Å². The molecule has 1 heterocycles. The molecule has 0 unspecified atom stereocenters. The van der Waals surface area contributed by atoms with E-state index in [2.05, 4.69) is 39.0 Å². The third-order valence-electron chi connectivity index (χ3n) is 7.85. The van der Waals surface area contributed by atoms with Gasteiger partial charge in [0.15, 0.2) is 0 Å². The number of ether oxygens (including phenoxy) is 1. The van der Waals surface area contributed by atoms with Gasteiger partial charge in [-0.15, -0.1) is 0 Å². The maximum Gasteiger partial charge on any atom is 0.311 e. The molecule has 0 aliphatic carbocycles. The molecular formula is C30H50O6. The van der Waals surface area contributed by atoms with E-state index in [9.17, 15) is 24.6 Å². The number of Topliss-reactive ketones (excluding diaryl/α,β-unsaturated/α-hetero) is 2. The Kier molecular flexibility index (Phi) is 13.8. The molecule has 1 fully saturated rings. The summed E-state index contributed by atoms with van der Waals surface area (Å²) in [4.78, 5) is 36.1. The summed E-state index contributed by atoms with van der Waals surface area (Å²) < 4.78 is 5.48. The number of aliphatic hydroxyl groups is 2. The molecule has 206 valence electrons. The van der Waals surface area contributed by atoms with Gasteiger partial charge in [-0.1, -0.05) is 65.3 Å². The average Bonchev–Trinajstić information content (AvgIpc) is 2.81. The summed E-state index contributed by atoms with van der Waals surface area (Å²) >= 11 is 0. The summed E-state index contributed by atoms with van der Waals surface area (Å²) in [5, 5.41) is 21.0. The number of esters is 1. The number of hydrogen-bond acceptors (Lipinski definition) is 6. The second-order valence-electron chi connectivity index (χ2n) is 11.3. The van der Waals surface area contributed by atoms with Crippen molar-refractivity contribution < 1.29 is 29.3 Å². The normalized spacial score (nSPS) is 27.3. The van der Waals surface area contributed by atoms with Crippen LogP contribution in [0.4, 0.5) is 0 Å². The van der Waals surface area contributed by atoms with Crippen molar-refractivity contribution in [3.05, 3.63) is 23.8 Å². The van der Waals surface area contributed by atoms with Crippen LogP contribution in [0.1, 0.15) is 93.9 Å². The second-order valence-corrected chi connectivity index (χ2v) is 11.3. The molecule has 1 saturated heterocycles. The van der Waals surface area contributed by atoms with Crippen molar-refractivity contribution in [2.45, 2.75) is 112 Å². The number of aliphatic hydroxyl groups excluding tert-OH is 2. The first-order valence-electron chi connectivity index (χ1n) is 13.7. The number of allylic oxidation sites excluding steroid dienone is 4. The summed E-state index contributed by atoms with van der Waals surface area (Å²) in [6, 6.07) is 0. The summed E-state index contributed by atoms with van der Waals surface area (Å²) in [5.74, 6) is -0.768. The van der Waals surface area contributed by atoms with Crippen LogP contribution in [-0.4, -0.2) is 46.1 Å². The minimum absolute atomic E-state index is 0.0133. The number of carbonyl (C=O) groups is 3. The molecule has 0 radical (unpaired) electrons. The first-order chi connectivity index (χ1) is 16.8. The third kappa shape index (κ3) is 10.3. The van der Waals surface area contributed by atoms with E-state index >= 15 is 0 Å².